The Bertz CT molecular complexity index is 797. The number of amides is 1. The molecule has 4 nitrogen and oxygen atoms in total. The summed E-state index contributed by atoms with van der Waals surface area (Å²) in [6, 6.07) is 15.7. The van der Waals surface area contributed by atoms with Crippen LogP contribution in [0.5, 0.6) is 0 Å². The summed E-state index contributed by atoms with van der Waals surface area (Å²) in [5, 5.41) is 0. The molecule has 0 aliphatic carbocycles. The lowest BCUT2D eigenvalue weighted by Crippen LogP contribution is -2.49. The van der Waals surface area contributed by atoms with Crippen LogP contribution < -0.4 is 5.56 Å². The summed E-state index contributed by atoms with van der Waals surface area (Å²) in [6.45, 7) is 2.27. The monoisotopic (exact) mass is 322 g/mol. The number of likely N-dealkylation sites (tertiary alicyclic amines) is 1. The molecular weight excluding hydrogens is 300 g/mol. The number of piperidine rings is 1. The Kier molecular flexibility index (Phi) is 3.97. The average Bonchev–Trinajstić information content (AvgIpc) is 2.61. The lowest BCUT2D eigenvalue weighted by atomic mass is 9.83. The van der Waals surface area contributed by atoms with Gasteiger partial charge in [-0.05, 0) is 30.4 Å². The summed E-state index contributed by atoms with van der Waals surface area (Å²) >= 11 is 0. The molecule has 0 unspecified atom stereocenters. The van der Waals surface area contributed by atoms with Crippen molar-refractivity contribution >= 4 is 5.91 Å². The van der Waals surface area contributed by atoms with E-state index in [1.165, 1.54) is 5.56 Å². The standard InChI is InChI=1S/C20H22N2O2/c23-19(10-9-15-5-2-1-3-6-15)21-12-16-11-17(14-21)18-7-4-8-20(24)22(18)13-16/h1-8,16-17H,9-14H2/t16-,17+/m0/s1. The highest BCUT2D eigenvalue weighted by Crippen LogP contribution is 2.35. The first-order chi connectivity index (χ1) is 11.7. The minimum atomic E-state index is 0.0889. The van der Waals surface area contributed by atoms with Gasteiger partial charge in [0.05, 0.1) is 0 Å². The lowest BCUT2D eigenvalue weighted by Gasteiger charge is -2.42. The molecule has 1 aromatic carbocycles. The number of carbonyl (C=O) groups excluding carboxylic acids is 1. The number of nitrogens with zero attached hydrogens (tertiary/aromatic N) is 2. The second-order valence-corrected chi connectivity index (χ2v) is 6.98. The van der Waals surface area contributed by atoms with Gasteiger partial charge in [0.1, 0.15) is 0 Å². The van der Waals surface area contributed by atoms with E-state index in [9.17, 15) is 9.59 Å². The fourth-order valence-electron chi connectivity index (χ4n) is 4.15. The summed E-state index contributed by atoms with van der Waals surface area (Å²) in [6.07, 6.45) is 2.44. The summed E-state index contributed by atoms with van der Waals surface area (Å²) in [5.74, 6) is 0.935. The molecule has 24 heavy (non-hydrogen) atoms. The third kappa shape index (κ3) is 2.88. The molecule has 124 valence electrons. The van der Waals surface area contributed by atoms with Crippen molar-refractivity contribution in [2.24, 2.45) is 5.92 Å². The van der Waals surface area contributed by atoms with E-state index in [0.717, 1.165) is 38.2 Å². The first kappa shape index (κ1) is 15.2. The molecule has 1 saturated heterocycles. The van der Waals surface area contributed by atoms with Crippen molar-refractivity contribution in [3.63, 3.8) is 0 Å². The molecule has 1 aromatic heterocycles. The third-order valence-corrected chi connectivity index (χ3v) is 5.30. The minimum Gasteiger partial charge on any atom is -0.342 e. The average molecular weight is 322 g/mol. The van der Waals surface area contributed by atoms with Gasteiger partial charge in [0, 0.05) is 43.7 Å². The van der Waals surface area contributed by atoms with Crippen LogP contribution in [0.2, 0.25) is 0 Å². The van der Waals surface area contributed by atoms with Crippen LogP contribution in [-0.4, -0.2) is 28.5 Å². The molecule has 1 amide bonds. The fraction of sp³-hybridized carbons (Fsp3) is 0.400. The van der Waals surface area contributed by atoms with Gasteiger partial charge in [-0.2, -0.15) is 0 Å². The molecule has 2 bridgehead atoms. The summed E-state index contributed by atoms with van der Waals surface area (Å²) in [4.78, 5) is 26.7. The molecule has 0 saturated carbocycles. The second-order valence-electron chi connectivity index (χ2n) is 6.98. The number of aryl methyl sites for hydroxylation is 1. The van der Waals surface area contributed by atoms with E-state index in [4.69, 9.17) is 0 Å². The van der Waals surface area contributed by atoms with Crippen molar-refractivity contribution in [1.29, 1.82) is 0 Å². The topological polar surface area (TPSA) is 42.3 Å². The Morgan fingerprint density at radius 3 is 2.67 bits per heavy atom. The summed E-state index contributed by atoms with van der Waals surface area (Å²) in [5.41, 5.74) is 2.39. The van der Waals surface area contributed by atoms with Gasteiger partial charge in [-0.1, -0.05) is 36.4 Å². The maximum Gasteiger partial charge on any atom is 0.250 e. The highest BCUT2D eigenvalue weighted by atomic mass is 16.2. The van der Waals surface area contributed by atoms with E-state index < -0.39 is 0 Å². The number of benzene rings is 1. The Balaban J connectivity index is 1.46. The lowest BCUT2D eigenvalue weighted by molar-refractivity contribution is -0.133. The van der Waals surface area contributed by atoms with Crippen LogP contribution in [0, 0.1) is 5.92 Å². The van der Waals surface area contributed by atoms with E-state index in [1.807, 2.05) is 39.8 Å². The van der Waals surface area contributed by atoms with Crippen LogP contribution in [0.4, 0.5) is 0 Å². The van der Waals surface area contributed by atoms with Crippen LogP contribution in [0.1, 0.15) is 30.0 Å². The smallest absolute Gasteiger partial charge is 0.250 e. The quantitative estimate of drug-likeness (QED) is 0.871. The molecule has 2 aliphatic rings. The maximum absolute atomic E-state index is 12.6. The van der Waals surface area contributed by atoms with Crippen molar-refractivity contribution in [1.82, 2.24) is 9.47 Å². The number of rotatable bonds is 3. The zero-order valence-electron chi connectivity index (χ0n) is 13.7. The molecule has 4 heteroatoms. The van der Waals surface area contributed by atoms with Gasteiger partial charge in [0.15, 0.2) is 0 Å². The minimum absolute atomic E-state index is 0.0889. The predicted molar refractivity (Wildman–Crippen MR) is 92.9 cm³/mol. The van der Waals surface area contributed by atoms with Crippen LogP contribution in [0.25, 0.3) is 0 Å². The molecular formula is C20H22N2O2. The molecule has 2 aromatic rings. The number of pyridine rings is 1. The zero-order valence-corrected chi connectivity index (χ0v) is 13.7. The van der Waals surface area contributed by atoms with Gasteiger partial charge in [0.2, 0.25) is 5.91 Å². The Morgan fingerprint density at radius 1 is 1.00 bits per heavy atom. The van der Waals surface area contributed by atoms with E-state index in [0.29, 0.717) is 18.3 Å². The zero-order chi connectivity index (χ0) is 16.5. The van der Waals surface area contributed by atoms with Crippen molar-refractivity contribution in [3.8, 4) is 0 Å². The number of hydrogen-bond donors (Lipinski definition) is 0. The maximum atomic E-state index is 12.6. The van der Waals surface area contributed by atoms with Gasteiger partial charge >= 0.3 is 0 Å². The van der Waals surface area contributed by atoms with Crippen LogP contribution >= 0.6 is 0 Å². The number of fused-ring (bicyclic) bond motifs is 4. The second kappa shape index (κ2) is 6.27. The number of hydrogen-bond acceptors (Lipinski definition) is 2. The van der Waals surface area contributed by atoms with Crippen molar-refractivity contribution in [3.05, 3.63) is 70.1 Å². The van der Waals surface area contributed by atoms with Gasteiger partial charge < -0.3 is 9.47 Å². The molecule has 0 radical (unpaired) electrons. The molecule has 0 N–H and O–H groups in total. The number of aromatic nitrogens is 1. The van der Waals surface area contributed by atoms with Crippen molar-refractivity contribution < 1.29 is 4.79 Å². The Labute approximate surface area is 141 Å². The first-order valence-corrected chi connectivity index (χ1v) is 8.72. The fourth-order valence-corrected chi connectivity index (χ4v) is 4.15. The molecule has 2 atom stereocenters. The summed E-state index contributed by atoms with van der Waals surface area (Å²) in [7, 11) is 0. The van der Waals surface area contributed by atoms with Gasteiger partial charge in [0.25, 0.3) is 5.56 Å². The van der Waals surface area contributed by atoms with Crippen LogP contribution in [-0.2, 0) is 17.8 Å². The first-order valence-electron chi connectivity index (χ1n) is 8.72. The van der Waals surface area contributed by atoms with Crippen molar-refractivity contribution in [2.75, 3.05) is 13.1 Å². The SMILES string of the molecule is O=C(CCc1ccccc1)N1C[C@@H]2C[C@H](C1)c1cccc(=O)n1C2. The molecule has 2 aliphatic heterocycles. The van der Waals surface area contributed by atoms with Gasteiger partial charge in [-0.3, -0.25) is 9.59 Å². The Hall–Kier alpha value is -2.36. The van der Waals surface area contributed by atoms with Gasteiger partial charge in [-0.25, -0.2) is 0 Å². The Morgan fingerprint density at radius 2 is 1.83 bits per heavy atom. The van der Waals surface area contributed by atoms with Crippen molar-refractivity contribution in [2.45, 2.75) is 31.7 Å². The highest BCUT2D eigenvalue weighted by molar-refractivity contribution is 5.76. The van der Waals surface area contributed by atoms with E-state index in [1.54, 1.807) is 6.07 Å². The van der Waals surface area contributed by atoms with Crippen LogP contribution in [0.15, 0.2) is 53.3 Å². The van der Waals surface area contributed by atoms with E-state index in [-0.39, 0.29) is 11.5 Å². The van der Waals surface area contributed by atoms with Crippen LogP contribution in [0.3, 0.4) is 0 Å². The predicted octanol–water partition coefficient (Wildman–Crippen LogP) is 2.43. The normalized spacial score (nSPS) is 22.1. The van der Waals surface area contributed by atoms with E-state index >= 15 is 0 Å². The highest BCUT2D eigenvalue weighted by Gasteiger charge is 2.35. The molecule has 3 heterocycles. The third-order valence-electron chi connectivity index (χ3n) is 5.30. The van der Waals surface area contributed by atoms with Gasteiger partial charge in [-0.15, -0.1) is 0 Å². The number of carbonyl (C=O) groups is 1. The van der Waals surface area contributed by atoms with E-state index in [2.05, 4.69) is 12.1 Å². The molecule has 1 fully saturated rings. The molecule has 0 spiro atoms. The largest absolute Gasteiger partial charge is 0.342 e. The molecule has 4 rings (SSSR count). The summed E-state index contributed by atoms with van der Waals surface area (Å²) < 4.78 is 1.91.